The van der Waals surface area contributed by atoms with E-state index in [9.17, 15) is 4.79 Å². The molecule has 134 valence electrons. The molecule has 2 aromatic rings. The van der Waals surface area contributed by atoms with Gasteiger partial charge in [0.1, 0.15) is 11.5 Å². The van der Waals surface area contributed by atoms with Gasteiger partial charge in [-0.1, -0.05) is 18.2 Å². The lowest BCUT2D eigenvalue weighted by Gasteiger charge is -2.37. The molecule has 1 amide bonds. The van der Waals surface area contributed by atoms with Crippen LogP contribution in [0.4, 0.5) is 0 Å². The number of hydrogen-bond donors (Lipinski definition) is 1. The minimum absolute atomic E-state index is 0.0115. The van der Waals surface area contributed by atoms with Crippen LogP contribution in [0.1, 0.15) is 11.8 Å². The first-order chi connectivity index (χ1) is 12.2. The van der Waals surface area contributed by atoms with Gasteiger partial charge in [0.25, 0.3) is 5.91 Å². The standard InChI is InChI=1S/C19H25N3O3/c1-21-9-11-22(12-10-21)17(18-8-5-13-24-18)14-20-19(23)15-25-16-6-3-2-4-7-16/h2-8,13,17H,9-12,14-15H2,1H3,(H,20,23). The Labute approximate surface area is 148 Å². The summed E-state index contributed by atoms with van der Waals surface area (Å²) in [6.45, 7) is 4.47. The number of ether oxygens (including phenoxy) is 1. The summed E-state index contributed by atoms with van der Waals surface area (Å²) in [4.78, 5) is 16.8. The van der Waals surface area contributed by atoms with Crippen LogP contribution < -0.4 is 10.1 Å². The number of furan rings is 1. The Balaban J connectivity index is 1.52. The number of carbonyl (C=O) groups is 1. The second kappa shape index (κ2) is 8.69. The Bertz CT molecular complexity index is 637. The van der Waals surface area contributed by atoms with Gasteiger partial charge in [0.2, 0.25) is 0 Å². The monoisotopic (exact) mass is 343 g/mol. The highest BCUT2D eigenvalue weighted by atomic mass is 16.5. The van der Waals surface area contributed by atoms with Gasteiger partial charge in [0, 0.05) is 32.7 Å². The predicted molar refractivity (Wildman–Crippen MR) is 95.5 cm³/mol. The highest BCUT2D eigenvalue weighted by Crippen LogP contribution is 2.22. The van der Waals surface area contributed by atoms with E-state index in [2.05, 4.69) is 22.2 Å². The van der Waals surface area contributed by atoms with Crippen LogP contribution in [-0.2, 0) is 4.79 Å². The summed E-state index contributed by atoms with van der Waals surface area (Å²) in [6, 6.07) is 13.3. The van der Waals surface area contributed by atoms with Gasteiger partial charge in [-0.25, -0.2) is 0 Å². The zero-order valence-electron chi connectivity index (χ0n) is 14.6. The number of amides is 1. The van der Waals surface area contributed by atoms with E-state index in [-0.39, 0.29) is 18.6 Å². The number of nitrogens with zero attached hydrogens (tertiary/aromatic N) is 2. The lowest BCUT2D eigenvalue weighted by Crippen LogP contribution is -2.48. The zero-order valence-corrected chi connectivity index (χ0v) is 14.6. The molecule has 6 heteroatoms. The van der Waals surface area contributed by atoms with Crippen molar-refractivity contribution >= 4 is 5.91 Å². The van der Waals surface area contributed by atoms with Crippen molar-refractivity contribution in [2.24, 2.45) is 0 Å². The number of likely N-dealkylation sites (N-methyl/N-ethyl adjacent to an activating group) is 1. The van der Waals surface area contributed by atoms with Crippen molar-refractivity contribution in [3.8, 4) is 5.75 Å². The molecular formula is C19H25N3O3. The molecule has 0 bridgehead atoms. The third kappa shape index (κ3) is 5.08. The molecule has 3 rings (SSSR count). The van der Waals surface area contributed by atoms with Gasteiger partial charge in [-0.2, -0.15) is 0 Å². The fourth-order valence-electron chi connectivity index (χ4n) is 2.95. The summed E-state index contributed by atoms with van der Waals surface area (Å²) in [7, 11) is 2.13. The van der Waals surface area contributed by atoms with Gasteiger partial charge < -0.3 is 19.4 Å². The van der Waals surface area contributed by atoms with Gasteiger partial charge in [-0.3, -0.25) is 9.69 Å². The number of carbonyl (C=O) groups excluding carboxylic acids is 1. The first kappa shape index (κ1) is 17.5. The van der Waals surface area contributed by atoms with Crippen molar-refractivity contribution in [1.82, 2.24) is 15.1 Å². The van der Waals surface area contributed by atoms with E-state index in [0.717, 1.165) is 31.9 Å². The molecule has 0 spiro atoms. The van der Waals surface area contributed by atoms with Crippen LogP contribution in [0.2, 0.25) is 0 Å². The average molecular weight is 343 g/mol. The molecule has 0 saturated carbocycles. The summed E-state index contributed by atoms with van der Waals surface area (Å²) < 4.78 is 11.1. The van der Waals surface area contributed by atoms with E-state index in [1.165, 1.54) is 0 Å². The Morgan fingerprint density at radius 3 is 2.60 bits per heavy atom. The van der Waals surface area contributed by atoms with Crippen LogP contribution in [0.5, 0.6) is 5.75 Å². The molecule has 0 aliphatic carbocycles. The SMILES string of the molecule is CN1CCN(C(CNC(=O)COc2ccccc2)c2ccco2)CC1. The molecule has 1 fully saturated rings. The van der Waals surface area contributed by atoms with Crippen LogP contribution in [0, 0.1) is 0 Å². The first-order valence-electron chi connectivity index (χ1n) is 8.63. The van der Waals surface area contributed by atoms with Crippen molar-refractivity contribution in [3.63, 3.8) is 0 Å². The van der Waals surface area contributed by atoms with Crippen molar-refractivity contribution in [3.05, 3.63) is 54.5 Å². The summed E-state index contributed by atoms with van der Waals surface area (Å²) >= 11 is 0. The van der Waals surface area contributed by atoms with Crippen molar-refractivity contribution in [1.29, 1.82) is 0 Å². The smallest absolute Gasteiger partial charge is 0.258 e. The summed E-state index contributed by atoms with van der Waals surface area (Å²) in [5.41, 5.74) is 0. The van der Waals surface area contributed by atoms with Gasteiger partial charge in [0.05, 0.1) is 12.3 Å². The molecule has 1 aliphatic heterocycles. The molecule has 2 heterocycles. The molecule has 1 saturated heterocycles. The van der Waals surface area contributed by atoms with Crippen LogP contribution in [0.25, 0.3) is 0 Å². The van der Waals surface area contributed by atoms with Crippen LogP contribution >= 0.6 is 0 Å². The quantitative estimate of drug-likeness (QED) is 0.830. The molecule has 1 unspecified atom stereocenters. The molecule has 1 atom stereocenters. The van der Waals surface area contributed by atoms with Crippen LogP contribution in [-0.4, -0.2) is 62.1 Å². The Morgan fingerprint density at radius 2 is 1.92 bits per heavy atom. The summed E-state index contributed by atoms with van der Waals surface area (Å²) in [5.74, 6) is 1.45. The predicted octanol–water partition coefficient (Wildman–Crippen LogP) is 1.76. The summed E-state index contributed by atoms with van der Waals surface area (Å²) in [6.07, 6.45) is 1.68. The maximum atomic E-state index is 12.1. The highest BCUT2D eigenvalue weighted by Gasteiger charge is 2.26. The molecule has 1 aromatic heterocycles. The Hall–Kier alpha value is -2.31. The maximum absolute atomic E-state index is 12.1. The van der Waals surface area contributed by atoms with Gasteiger partial charge in [-0.05, 0) is 31.3 Å². The normalized spacial score (nSPS) is 17.2. The van der Waals surface area contributed by atoms with Crippen molar-refractivity contribution in [2.45, 2.75) is 6.04 Å². The molecule has 1 aromatic carbocycles. The Kier molecular flexibility index (Phi) is 6.09. The van der Waals surface area contributed by atoms with Gasteiger partial charge >= 0.3 is 0 Å². The number of hydrogen-bond acceptors (Lipinski definition) is 5. The number of nitrogens with one attached hydrogen (secondary N) is 1. The second-order valence-corrected chi connectivity index (χ2v) is 6.28. The second-order valence-electron chi connectivity index (χ2n) is 6.28. The lowest BCUT2D eigenvalue weighted by molar-refractivity contribution is -0.123. The molecule has 1 N–H and O–H groups in total. The van der Waals surface area contributed by atoms with E-state index < -0.39 is 0 Å². The first-order valence-corrected chi connectivity index (χ1v) is 8.63. The number of para-hydroxylation sites is 1. The van der Waals surface area contributed by atoms with Crippen LogP contribution in [0.15, 0.2) is 53.1 Å². The van der Waals surface area contributed by atoms with E-state index in [1.807, 2.05) is 42.5 Å². The Morgan fingerprint density at radius 1 is 1.16 bits per heavy atom. The third-order valence-electron chi connectivity index (χ3n) is 4.46. The van der Waals surface area contributed by atoms with E-state index in [0.29, 0.717) is 12.3 Å². The number of rotatable bonds is 7. The van der Waals surface area contributed by atoms with Gasteiger partial charge in [-0.15, -0.1) is 0 Å². The summed E-state index contributed by atoms with van der Waals surface area (Å²) in [5, 5.41) is 2.97. The zero-order chi connectivity index (χ0) is 17.5. The largest absolute Gasteiger partial charge is 0.484 e. The molecular weight excluding hydrogens is 318 g/mol. The number of piperazine rings is 1. The highest BCUT2D eigenvalue weighted by molar-refractivity contribution is 5.77. The topological polar surface area (TPSA) is 58.0 Å². The van der Waals surface area contributed by atoms with Gasteiger partial charge in [0.15, 0.2) is 6.61 Å². The maximum Gasteiger partial charge on any atom is 0.258 e. The van der Waals surface area contributed by atoms with E-state index in [4.69, 9.17) is 9.15 Å². The van der Waals surface area contributed by atoms with E-state index >= 15 is 0 Å². The van der Waals surface area contributed by atoms with Crippen molar-refractivity contribution < 1.29 is 13.9 Å². The van der Waals surface area contributed by atoms with Crippen molar-refractivity contribution in [2.75, 3.05) is 46.4 Å². The third-order valence-corrected chi connectivity index (χ3v) is 4.46. The van der Waals surface area contributed by atoms with E-state index in [1.54, 1.807) is 6.26 Å². The molecule has 1 aliphatic rings. The lowest BCUT2D eigenvalue weighted by atomic mass is 10.1. The average Bonchev–Trinajstić information content (AvgIpc) is 3.17. The minimum Gasteiger partial charge on any atom is -0.484 e. The van der Waals surface area contributed by atoms with Crippen LogP contribution in [0.3, 0.4) is 0 Å². The minimum atomic E-state index is -0.130. The molecule has 6 nitrogen and oxygen atoms in total. The molecule has 0 radical (unpaired) electrons. The number of benzene rings is 1. The fourth-order valence-corrected chi connectivity index (χ4v) is 2.95. The fraction of sp³-hybridized carbons (Fsp3) is 0.421. The molecule has 25 heavy (non-hydrogen) atoms.